The molecule has 0 fully saturated rings. The average molecular weight is 206 g/mol. The van der Waals surface area contributed by atoms with Crippen molar-refractivity contribution in [2.45, 2.75) is 0 Å². The van der Waals surface area contributed by atoms with Gasteiger partial charge in [0.2, 0.25) is 5.91 Å². The first-order valence-electron chi connectivity index (χ1n) is 4.49. The van der Waals surface area contributed by atoms with Gasteiger partial charge in [-0.3, -0.25) is 4.79 Å². The molecule has 15 heavy (non-hydrogen) atoms. The fourth-order valence-electron chi connectivity index (χ4n) is 1.18. The zero-order valence-corrected chi connectivity index (χ0v) is 8.03. The highest BCUT2D eigenvalue weighted by Gasteiger charge is 2.13. The van der Waals surface area contributed by atoms with Gasteiger partial charge in [0.1, 0.15) is 19.0 Å². The molecule has 5 nitrogen and oxygen atoms in total. The fraction of sp³-hybridized carbons (Fsp3) is 0.200. The van der Waals surface area contributed by atoms with Crippen LogP contribution in [0.5, 0.6) is 11.6 Å². The molecule has 0 saturated carbocycles. The number of aromatic nitrogens is 1. The lowest BCUT2D eigenvalue weighted by molar-refractivity contribution is -0.111. The van der Waals surface area contributed by atoms with Crippen LogP contribution in [0.1, 0.15) is 0 Å². The van der Waals surface area contributed by atoms with Crippen molar-refractivity contribution in [3.63, 3.8) is 0 Å². The summed E-state index contributed by atoms with van der Waals surface area (Å²) in [5.41, 5.74) is 0. The van der Waals surface area contributed by atoms with Crippen molar-refractivity contribution in [3.05, 3.63) is 24.8 Å². The van der Waals surface area contributed by atoms with Crippen LogP contribution in [0.3, 0.4) is 0 Å². The molecule has 2 rings (SSSR count). The summed E-state index contributed by atoms with van der Waals surface area (Å²) in [4.78, 5) is 15.1. The molecular formula is C10H10N2O3. The van der Waals surface area contributed by atoms with Gasteiger partial charge in [-0.25, -0.2) is 0 Å². The van der Waals surface area contributed by atoms with Crippen LogP contribution in [-0.2, 0) is 4.79 Å². The van der Waals surface area contributed by atoms with E-state index in [2.05, 4.69) is 16.9 Å². The van der Waals surface area contributed by atoms with Gasteiger partial charge in [0, 0.05) is 0 Å². The highest BCUT2D eigenvalue weighted by atomic mass is 16.6. The summed E-state index contributed by atoms with van der Waals surface area (Å²) in [7, 11) is 0. The highest BCUT2D eigenvalue weighted by Crippen LogP contribution is 2.28. The predicted molar refractivity (Wildman–Crippen MR) is 54.1 cm³/mol. The Morgan fingerprint density at radius 1 is 1.47 bits per heavy atom. The standard InChI is InChI=1S/C10H10N2O3/c1-2-9(13)11-8-4-3-7-10(12-8)15-6-5-14-7/h2-4H,1,5-6H2,(H,11,12,13). The van der Waals surface area contributed by atoms with Gasteiger partial charge >= 0.3 is 0 Å². The first-order valence-corrected chi connectivity index (χ1v) is 4.49. The number of anilines is 1. The number of hydrogen-bond acceptors (Lipinski definition) is 4. The second kappa shape index (κ2) is 4.00. The van der Waals surface area contributed by atoms with Crippen LogP contribution < -0.4 is 14.8 Å². The molecule has 1 aromatic rings. The van der Waals surface area contributed by atoms with Crippen LogP contribution in [0.4, 0.5) is 5.82 Å². The predicted octanol–water partition coefficient (Wildman–Crippen LogP) is 0.977. The first kappa shape index (κ1) is 9.51. The van der Waals surface area contributed by atoms with Gasteiger partial charge in [-0.1, -0.05) is 6.58 Å². The molecule has 0 radical (unpaired) electrons. The molecule has 5 heteroatoms. The maximum atomic E-state index is 11.0. The van der Waals surface area contributed by atoms with E-state index in [9.17, 15) is 4.79 Å². The summed E-state index contributed by atoms with van der Waals surface area (Å²) < 4.78 is 10.6. The van der Waals surface area contributed by atoms with E-state index in [1.807, 2.05) is 0 Å². The maximum Gasteiger partial charge on any atom is 0.259 e. The largest absolute Gasteiger partial charge is 0.484 e. The van der Waals surface area contributed by atoms with Crippen molar-refractivity contribution >= 4 is 11.7 Å². The number of carbonyl (C=O) groups is 1. The molecule has 0 unspecified atom stereocenters. The van der Waals surface area contributed by atoms with Crippen LogP contribution in [0.2, 0.25) is 0 Å². The average Bonchev–Trinajstić information content (AvgIpc) is 2.29. The van der Waals surface area contributed by atoms with Gasteiger partial charge < -0.3 is 14.8 Å². The topological polar surface area (TPSA) is 60.5 Å². The number of nitrogens with zero attached hydrogens (tertiary/aromatic N) is 1. The number of nitrogens with one attached hydrogen (secondary N) is 1. The van der Waals surface area contributed by atoms with Gasteiger partial charge in [0.25, 0.3) is 5.88 Å². The molecule has 2 heterocycles. The van der Waals surface area contributed by atoms with E-state index >= 15 is 0 Å². The Hall–Kier alpha value is -2.04. The normalized spacial score (nSPS) is 13.1. The molecule has 1 aromatic heterocycles. The molecule has 0 atom stereocenters. The molecule has 0 bridgehead atoms. The lowest BCUT2D eigenvalue weighted by Gasteiger charge is -2.17. The Labute approximate surface area is 86.7 Å². The van der Waals surface area contributed by atoms with Crippen LogP contribution in [0.15, 0.2) is 24.8 Å². The van der Waals surface area contributed by atoms with Crippen LogP contribution in [0, 0.1) is 0 Å². The molecule has 78 valence electrons. The maximum absolute atomic E-state index is 11.0. The van der Waals surface area contributed by atoms with Crippen LogP contribution in [-0.4, -0.2) is 24.1 Å². The SMILES string of the molecule is C=CC(=O)Nc1ccc2c(n1)OCCO2. The molecule has 0 aliphatic carbocycles. The van der Waals surface area contributed by atoms with E-state index in [0.717, 1.165) is 0 Å². The van der Waals surface area contributed by atoms with Crippen molar-refractivity contribution in [3.8, 4) is 11.6 Å². The second-order valence-electron chi connectivity index (χ2n) is 2.89. The third-order valence-corrected chi connectivity index (χ3v) is 1.84. The molecule has 0 spiro atoms. The molecule has 1 aliphatic rings. The van der Waals surface area contributed by atoms with Crippen LogP contribution in [0.25, 0.3) is 0 Å². The van der Waals surface area contributed by atoms with Crippen molar-refractivity contribution < 1.29 is 14.3 Å². The molecule has 1 amide bonds. The number of rotatable bonds is 2. The minimum absolute atomic E-state index is 0.306. The third kappa shape index (κ3) is 2.07. The van der Waals surface area contributed by atoms with Gasteiger partial charge in [-0.2, -0.15) is 4.98 Å². The fourth-order valence-corrected chi connectivity index (χ4v) is 1.18. The minimum atomic E-state index is -0.306. The number of ether oxygens (including phenoxy) is 2. The number of carbonyl (C=O) groups excluding carboxylic acids is 1. The Bertz CT molecular complexity index is 404. The highest BCUT2D eigenvalue weighted by molar-refractivity contribution is 5.98. The Morgan fingerprint density at radius 2 is 2.27 bits per heavy atom. The number of fused-ring (bicyclic) bond motifs is 1. The van der Waals surface area contributed by atoms with Crippen molar-refractivity contribution in [2.75, 3.05) is 18.5 Å². The molecule has 0 aromatic carbocycles. The van der Waals surface area contributed by atoms with E-state index in [1.165, 1.54) is 6.08 Å². The lowest BCUT2D eigenvalue weighted by atomic mass is 10.4. The molecule has 1 N–H and O–H groups in total. The smallest absolute Gasteiger partial charge is 0.259 e. The summed E-state index contributed by atoms with van der Waals surface area (Å²) in [6, 6.07) is 3.36. The van der Waals surface area contributed by atoms with Crippen molar-refractivity contribution in [1.29, 1.82) is 0 Å². The minimum Gasteiger partial charge on any atom is -0.484 e. The number of pyridine rings is 1. The number of hydrogen-bond donors (Lipinski definition) is 1. The summed E-state index contributed by atoms with van der Waals surface area (Å²) in [6.07, 6.45) is 1.18. The van der Waals surface area contributed by atoms with Gasteiger partial charge in [0.15, 0.2) is 5.75 Å². The molecule has 0 saturated heterocycles. The zero-order chi connectivity index (χ0) is 10.7. The summed E-state index contributed by atoms with van der Waals surface area (Å²) in [6.45, 7) is 4.34. The Kier molecular flexibility index (Phi) is 2.53. The van der Waals surface area contributed by atoms with E-state index in [0.29, 0.717) is 30.7 Å². The Morgan fingerprint density at radius 3 is 3.07 bits per heavy atom. The van der Waals surface area contributed by atoms with E-state index in [1.54, 1.807) is 12.1 Å². The molecule has 1 aliphatic heterocycles. The first-order chi connectivity index (χ1) is 7.29. The Balaban J connectivity index is 2.20. The number of amides is 1. The summed E-state index contributed by atoms with van der Waals surface area (Å²) in [5.74, 6) is 1.12. The second-order valence-corrected chi connectivity index (χ2v) is 2.89. The van der Waals surface area contributed by atoms with Gasteiger partial charge in [0.05, 0.1) is 0 Å². The van der Waals surface area contributed by atoms with E-state index in [-0.39, 0.29) is 5.91 Å². The third-order valence-electron chi connectivity index (χ3n) is 1.84. The van der Waals surface area contributed by atoms with Crippen molar-refractivity contribution in [1.82, 2.24) is 4.98 Å². The lowest BCUT2D eigenvalue weighted by Crippen LogP contribution is -2.17. The van der Waals surface area contributed by atoms with E-state index in [4.69, 9.17) is 9.47 Å². The monoisotopic (exact) mass is 206 g/mol. The van der Waals surface area contributed by atoms with Gasteiger partial charge in [-0.05, 0) is 18.2 Å². The molecular weight excluding hydrogens is 196 g/mol. The summed E-state index contributed by atoms with van der Waals surface area (Å²) in [5, 5.41) is 2.54. The van der Waals surface area contributed by atoms with Crippen LogP contribution >= 0.6 is 0 Å². The quantitative estimate of drug-likeness (QED) is 0.732. The zero-order valence-electron chi connectivity index (χ0n) is 8.03. The summed E-state index contributed by atoms with van der Waals surface area (Å²) >= 11 is 0. The van der Waals surface area contributed by atoms with Gasteiger partial charge in [-0.15, -0.1) is 0 Å². The van der Waals surface area contributed by atoms with Crippen molar-refractivity contribution in [2.24, 2.45) is 0 Å². The van der Waals surface area contributed by atoms with E-state index < -0.39 is 0 Å².